The number of carbonyl (C=O) groups excluding carboxylic acids is 2. The molecule has 0 aliphatic carbocycles. The van der Waals surface area contributed by atoms with Crippen LogP contribution in [0.3, 0.4) is 0 Å². The predicted octanol–water partition coefficient (Wildman–Crippen LogP) is 0.553. The van der Waals surface area contributed by atoms with Crippen molar-refractivity contribution in [2.24, 2.45) is 5.92 Å². The molecule has 1 N–H and O–H groups in total. The lowest BCUT2D eigenvalue weighted by molar-refractivity contribution is -0.154. The lowest BCUT2D eigenvalue weighted by atomic mass is 9.99. The highest BCUT2D eigenvalue weighted by Crippen LogP contribution is 2.24. The van der Waals surface area contributed by atoms with Gasteiger partial charge in [-0.05, 0) is 6.92 Å². The van der Waals surface area contributed by atoms with E-state index in [0.717, 1.165) is 0 Å². The lowest BCUT2D eigenvalue weighted by Gasteiger charge is -2.27. The summed E-state index contributed by atoms with van der Waals surface area (Å²) in [7, 11) is 0. The van der Waals surface area contributed by atoms with Crippen LogP contribution in [0, 0.1) is 5.92 Å². The Morgan fingerprint density at radius 1 is 1.71 bits per heavy atom. The van der Waals surface area contributed by atoms with Crippen LogP contribution in [0.15, 0.2) is 11.5 Å². The second-order valence-electron chi connectivity index (χ2n) is 3.06. The van der Waals surface area contributed by atoms with Gasteiger partial charge < -0.3 is 19.4 Å². The summed E-state index contributed by atoms with van der Waals surface area (Å²) in [6.45, 7) is 2.89. The van der Waals surface area contributed by atoms with Gasteiger partial charge in [0.25, 0.3) is 0 Å². The van der Waals surface area contributed by atoms with Crippen LogP contribution in [-0.4, -0.2) is 30.1 Å². The molecule has 0 aromatic heterocycles. The molecule has 0 amide bonds. The molecule has 5 heteroatoms. The summed E-state index contributed by atoms with van der Waals surface area (Å²) in [5.41, 5.74) is 0. The van der Waals surface area contributed by atoms with Crippen LogP contribution in [0.2, 0.25) is 0 Å². The van der Waals surface area contributed by atoms with Gasteiger partial charge in [0.15, 0.2) is 6.10 Å². The molecule has 0 spiro atoms. The van der Waals surface area contributed by atoms with Crippen LogP contribution in [-0.2, 0) is 19.1 Å². The van der Waals surface area contributed by atoms with E-state index in [1.165, 1.54) is 6.92 Å². The van der Waals surface area contributed by atoms with Gasteiger partial charge >= 0.3 is 5.97 Å². The Bertz CT molecular complexity index is 281. The largest absolute Gasteiger partial charge is 0.508 e. The second kappa shape index (κ2) is 4.13. The smallest absolute Gasteiger partial charge is 0.303 e. The Morgan fingerprint density at radius 3 is 2.86 bits per heavy atom. The quantitative estimate of drug-likeness (QED) is 0.520. The molecule has 2 unspecified atom stereocenters. The van der Waals surface area contributed by atoms with E-state index < -0.39 is 18.0 Å². The van der Waals surface area contributed by atoms with E-state index in [-0.39, 0.29) is 12.4 Å². The maximum atomic E-state index is 10.7. The first-order chi connectivity index (χ1) is 6.56. The Balaban J connectivity index is 2.81. The second-order valence-corrected chi connectivity index (χ2v) is 3.06. The molecule has 1 heterocycles. The summed E-state index contributed by atoms with van der Waals surface area (Å²) in [6, 6.07) is 0. The average Bonchev–Trinajstić information content (AvgIpc) is 2.11. The van der Waals surface area contributed by atoms with Crippen molar-refractivity contribution in [1.82, 2.24) is 0 Å². The zero-order valence-electron chi connectivity index (χ0n) is 8.02. The zero-order chi connectivity index (χ0) is 10.7. The summed E-state index contributed by atoms with van der Waals surface area (Å²) in [5.74, 6) is -1.19. The minimum Gasteiger partial charge on any atom is -0.508 e. The average molecular weight is 200 g/mol. The molecule has 0 saturated heterocycles. The first kappa shape index (κ1) is 10.6. The molecule has 0 fully saturated rings. The molecular weight excluding hydrogens is 188 g/mol. The van der Waals surface area contributed by atoms with Gasteiger partial charge in [0.2, 0.25) is 0 Å². The third-order valence-electron chi connectivity index (χ3n) is 2.01. The van der Waals surface area contributed by atoms with Gasteiger partial charge in [0.1, 0.15) is 30.3 Å². The highest BCUT2D eigenvalue weighted by atomic mass is 16.6. The molecule has 0 bridgehead atoms. The third-order valence-corrected chi connectivity index (χ3v) is 2.01. The summed E-state index contributed by atoms with van der Waals surface area (Å²) in [4.78, 5) is 21.3. The van der Waals surface area contributed by atoms with Gasteiger partial charge in [-0.25, -0.2) is 0 Å². The lowest BCUT2D eigenvalue weighted by Crippen LogP contribution is -2.36. The number of hydrogen-bond acceptors (Lipinski definition) is 5. The normalized spacial score (nSPS) is 26.7. The fourth-order valence-electron chi connectivity index (χ4n) is 1.27. The number of aldehydes is 1. The van der Waals surface area contributed by atoms with Crippen LogP contribution >= 0.6 is 0 Å². The van der Waals surface area contributed by atoms with Gasteiger partial charge in [0.05, 0.1) is 0 Å². The molecular formula is C9H12O5. The highest BCUT2D eigenvalue weighted by Gasteiger charge is 2.33. The van der Waals surface area contributed by atoms with Crippen molar-refractivity contribution in [3.63, 3.8) is 0 Å². The molecule has 0 aromatic carbocycles. The number of carbonyl (C=O) groups is 2. The van der Waals surface area contributed by atoms with E-state index in [1.54, 1.807) is 6.92 Å². The van der Waals surface area contributed by atoms with Crippen molar-refractivity contribution in [2.75, 3.05) is 6.61 Å². The molecule has 5 nitrogen and oxygen atoms in total. The van der Waals surface area contributed by atoms with Gasteiger partial charge in [-0.1, -0.05) is 0 Å². The van der Waals surface area contributed by atoms with Crippen molar-refractivity contribution < 1.29 is 24.2 Å². The molecule has 0 saturated carbocycles. The minimum absolute atomic E-state index is 0.0961. The van der Waals surface area contributed by atoms with E-state index in [9.17, 15) is 14.7 Å². The topological polar surface area (TPSA) is 72.8 Å². The Labute approximate surface area is 81.3 Å². The summed E-state index contributed by atoms with van der Waals surface area (Å²) in [5, 5.41) is 9.45. The molecule has 78 valence electrons. The molecule has 2 atom stereocenters. The van der Waals surface area contributed by atoms with Crippen molar-refractivity contribution in [3.8, 4) is 0 Å². The van der Waals surface area contributed by atoms with Crippen LogP contribution in [0.5, 0.6) is 0 Å². The van der Waals surface area contributed by atoms with E-state index in [0.29, 0.717) is 12.0 Å². The Hall–Kier alpha value is -1.52. The number of rotatable bonds is 2. The maximum Gasteiger partial charge on any atom is 0.303 e. The minimum atomic E-state index is -0.812. The summed E-state index contributed by atoms with van der Waals surface area (Å²) >= 11 is 0. The number of ether oxygens (including phenoxy) is 2. The fourth-order valence-corrected chi connectivity index (χ4v) is 1.27. The van der Waals surface area contributed by atoms with Crippen molar-refractivity contribution in [2.45, 2.75) is 20.0 Å². The number of hydrogen-bond donors (Lipinski definition) is 1. The number of esters is 1. The highest BCUT2D eigenvalue weighted by molar-refractivity contribution is 5.67. The van der Waals surface area contributed by atoms with Crippen LogP contribution in [0.1, 0.15) is 13.8 Å². The SMILES string of the molecule is CC(=O)OC1COC(C)=C(O)C1C=O. The summed E-state index contributed by atoms with van der Waals surface area (Å²) < 4.78 is 9.85. The molecule has 1 rings (SSSR count). The Kier molecular flexibility index (Phi) is 3.11. The first-order valence-corrected chi connectivity index (χ1v) is 4.21. The third kappa shape index (κ3) is 2.04. The maximum absolute atomic E-state index is 10.7. The van der Waals surface area contributed by atoms with E-state index in [1.807, 2.05) is 0 Å². The van der Waals surface area contributed by atoms with E-state index >= 15 is 0 Å². The van der Waals surface area contributed by atoms with Crippen molar-refractivity contribution in [1.29, 1.82) is 0 Å². The molecule has 0 aromatic rings. The van der Waals surface area contributed by atoms with Gasteiger partial charge in [-0.3, -0.25) is 4.79 Å². The molecule has 14 heavy (non-hydrogen) atoms. The van der Waals surface area contributed by atoms with Gasteiger partial charge in [-0.2, -0.15) is 0 Å². The van der Waals surface area contributed by atoms with Crippen molar-refractivity contribution >= 4 is 12.3 Å². The molecule has 1 aliphatic heterocycles. The summed E-state index contributed by atoms with van der Waals surface area (Å²) in [6.07, 6.45) is -0.178. The van der Waals surface area contributed by atoms with Crippen LogP contribution in [0.25, 0.3) is 0 Å². The number of allylic oxidation sites excluding steroid dienone is 1. The standard InChI is InChI=1S/C9H12O5/c1-5-9(12)7(3-10)8(4-13-5)14-6(2)11/h3,7-8,12H,4H2,1-2H3. The predicted molar refractivity (Wildman–Crippen MR) is 46.4 cm³/mol. The zero-order valence-corrected chi connectivity index (χ0v) is 8.02. The number of aliphatic hydroxyl groups is 1. The van der Waals surface area contributed by atoms with E-state index in [2.05, 4.69) is 0 Å². The molecule has 1 aliphatic rings. The first-order valence-electron chi connectivity index (χ1n) is 4.21. The van der Waals surface area contributed by atoms with Gasteiger partial charge in [-0.15, -0.1) is 0 Å². The van der Waals surface area contributed by atoms with Gasteiger partial charge in [0, 0.05) is 6.92 Å². The van der Waals surface area contributed by atoms with Crippen molar-refractivity contribution in [3.05, 3.63) is 11.5 Å². The molecule has 0 radical (unpaired) electrons. The fraction of sp³-hybridized carbons (Fsp3) is 0.556. The Morgan fingerprint density at radius 2 is 2.36 bits per heavy atom. The monoisotopic (exact) mass is 200 g/mol. The van der Waals surface area contributed by atoms with E-state index in [4.69, 9.17) is 9.47 Å². The van der Waals surface area contributed by atoms with Crippen LogP contribution in [0.4, 0.5) is 0 Å². The number of aliphatic hydroxyl groups excluding tert-OH is 1. The van der Waals surface area contributed by atoms with Crippen LogP contribution < -0.4 is 0 Å².